The summed E-state index contributed by atoms with van der Waals surface area (Å²) in [6.45, 7) is 3.86. The highest BCUT2D eigenvalue weighted by atomic mass is 35.5. The van der Waals surface area contributed by atoms with Crippen LogP contribution >= 0.6 is 12.4 Å². The molecule has 7 heteroatoms. The van der Waals surface area contributed by atoms with Gasteiger partial charge in [-0.25, -0.2) is 9.18 Å². The normalized spacial score (nSPS) is 16.5. The quantitative estimate of drug-likeness (QED) is 0.899. The van der Waals surface area contributed by atoms with Crippen LogP contribution in [0.4, 0.5) is 4.39 Å². The Kier molecular flexibility index (Phi) is 5.38. The molecule has 0 bridgehead atoms. The number of rotatable bonds is 4. The minimum absolute atomic E-state index is 0. The third-order valence-electron chi connectivity index (χ3n) is 4.13. The fraction of sp³-hybridized carbons (Fsp3) is 0.375. The third-order valence-corrected chi connectivity index (χ3v) is 4.13. The van der Waals surface area contributed by atoms with Crippen molar-refractivity contribution in [2.24, 2.45) is 0 Å². The average molecular weight is 340 g/mol. The van der Waals surface area contributed by atoms with Crippen molar-refractivity contribution in [1.29, 1.82) is 0 Å². The lowest BCUT2D eigenvalue weighted by molar-refractivity contribution is 0.0687. The van der Waals surface area contributed by atoms with Gasteiger partial charge in [-0.15, -0.1) is 12.4 Å². The Labute approximate surface area is 139 Å². The van der Waals surface area contributed by atoms with E-state index < -0.39 is 5.97 Å². The number of hydrogen-bond acceptors (Lipinski definition) is 3. The zero-order valence-corrected chi connectivity index (χ0v) is 13.6. The van der Waals surface area contributed by atoms with Crippen molar-refractivity contribution in [3.63, 3.8) is 0 Å². The lowest BCUT2D eigenvalue weighted by Crippen LogP contribution is -2.29. The highest BCUT2D eigenvalue weighted by Crippen LogP contribution is 2.30. The topological polar surface area (TPSA) is 67.2 Å². The first-order valence-corrected chi connectivity index (χ1v) is 7.38. The van der Waals surface area contributed by atoms with Gasteiger partial charge in [0, 0.05) is 24.6 Å². The molecule has 1 atom stereocenters. The Morgan fingerprint density at radius 3 is 2.74 bits per heavy atom. The highest BCUT2D eigenvalue weighted by molar-refractivity contribution is 5.87. The van der Waals surface area contributed by atoms with Gasteiger partial charge in [0.25, 0.3) is 0 Å². The van der Waals surface area contributed by atoms with Crippen molar-refractivity contribution >= 4 is 18.4 Å². The maximum atomic E-state index is 13.0. The number of fused-ring (bicyclic) bond motifs is 1. The Morgan fingerprint density at radius 2 is 2.13 bits per heavy atom. The van der Waals surface area contributed by atoms with Crippen LogP contribution in [0.15, 0.2) is 24.3 Å². The SMILES string of the molecule is CCC1CNCc2c1c(C(=O)O)nn2Cc1ccc(F)cc1.Cl. The van der Waals surface area contributed by atoms with Gasteiger partial charge in [-0.2, -0.15) is 5.10 Å². The number of carbonyl (C=O) groups is 1. The molecule has 0 saturated heterocycles. The fourth-order valence-corrected chi connectivity index (χ4v) is 2.99. The molecule has 2 N–H and O–H groups in total. The molecule has 0 fully saturated rings. The largest absolute Gasteiger partial charge is 0.476 e. The highest BCUT2D eigenvalue weighted by Gasteiger charge is 2.30. The average Bonchev–Trinajstić information content (AvgIpc) is 2.89. The van der Waals surface area contributed by atoms with Gasteiger partial charge in [-0.1, -0.05) is 19.1 Å². The number of aromatic carboxylic acids is 1. The molecule has 0 saturated carbocycles. The molecule has 1 aromatic carbocycles. The van der Waals surface area contributed by atoms with E-state index >= 15 is 0 Å². The molecule has 3 rings (SSSR count). The standard InChI is InChI=1S/C16H18FN3O2.ClH/c1-2-11-7-18-8-13-14(11)15(16(21)22)19-20(13)9-10-3-5-12(17)6-4-10;/h3-6,11,18H,2,7-9H2,1H3,(H,21,22);1H. The van der Waals surface area contributed by atoms with Crippen LogP contribution in [0.5, 0.6) is 0 Å². The van der Waals surface area contributed by atoms with Gasteiger partial charge in [-0.3, -0.25) is 4.68 Å². The fourth-order valence-electron chi connectivity index (χ4n) is 2.99. The van der Waals surface area contributed by atoms with Crippen LogP contribution in [0.1, 0.15) is 46.6 Å². The first-order chi connectivity index (χ1) is 10.6. The maximum absolute atomic E-state index is 13.0. The second-order valence-electron chi connectivity index (χ2n) is 5.53. The van der Waals surface area contributed by atoms with Crippen molar-refractivity contribution in [3.05, 3.63) is 52.6 Å². The number of benzene rings is 1. The van der Waals surface area contributed by atoms with Crippen LogP contribution < -0.4 is 5.32 Å². The van der Waals surface area contributed by atoms with Gasteiger partial charge in [-0.05, 0) is 24.1 Å². The Morgan fingerprint density at radius 1 is 1.43 bits per heavy atom. The minimum atomic E-state index is -0.991. The lowest BCUT2D eigenvalue weighted by Gasteiger charge is -2.23. The molecule has 124 valence electrons. The Balaban J connectivity index is 0.00000192. The molecule has 1 unspecified atom stereocenters. The van der Waals surface area contributed by atoms with Gasteiger partial charge in [0.2, 0.25) is 0 Å². The maximum Gasteiger partial charge on any atom is 0.356 e. The number of carboxylic acid groups (broad SMARTS) is 1. The van der Waals surface area contributed by atoms with Crippen molar-refractivity contribution in [1.82, 2.24) is 15.1 Å². The second kappa shape index (κ2) is 7.10. The molecule has 2 heterocycles. The molecule has 1 aliphatic rings. The van der Waals surface area contributed by atoms with Crippen LogP contribution in [-0.2, 0) is 13.1 Å². The van der Waals surface area contributed by atoms with Crippen molar-refractivity contribution in [3.8, 4) is 0 Å². The first-order valence-electron chi connectivity index (χ1n) is 7.38. The summed E-state index contributed by atoms with van der Waals surface area (Å²) in [7, 11) is 0. The van der Waals surface area contributed by atoms with Gasteiger partial charge in [0.05, 0.1) is 12.2 Å². The molecule has 5 nitrogen and oxygen atoms in total. The molecular formula is C16H19ClFN3O2. The predicted molar refractivity (Wildman–Crippen MR) is 86.7 cm³/mol. The van der Waals surface area contributed by atoms with Crippen LogP contribution in [-0.4, -0.2) is 27.4 Å². The van der Waals surface area contributed by atoms with Gasteiger partial charge in [0.15, 0.2) is 5.69 Å². The van der Waals surface area contributed by atoms with E-state index in [2.05, 4.69) is 10.4 Å². The van der Waals surface area contributed by atoms with E-state index in [1.807, 2.05) is 6.92 Å². The van der Waals surface area contributed by atoms with E-state index in [1.54, 1.807) is 16.8 Å². The van der Waals surface area contributed by atoms with Gasteiger partial charge >= 0.3 is 5.97 Å². The zero-order valence-electron chi connectivity index (χ0n) is 12.8. The summed E-state index contributed by atoms with van der Waals surface area (Å²) in [6, 6.07) is 6.18. The zero-order chi connectivity index (χ0) is 15.7. The molecule has 0 aliphatic carbocycles. The Bertz CT molecular complexity index is 700. The molecule has 1 aromatic heterocycles. The van der Waals surface area contributed by atoms with Crippen molar-refractivity contribution in [2.75, 3.05) is 6.54 Å². The van der Waals surface area contributed by atoms with Gasteiger partial charge in [0.1, 0.15) is 5.82 Å². The van der Waals surface area contributed by atoms with Crippen LogP contribution in [0.3, 0.4) is 0 Å². The summed E-state index contributed by atoms with van der Waals surface area (Å²) in [6.07, 6.45) is 0.864. The number of carboxylic acids is 1. The lowest BCUT2D eigenvalue weighted by atomic mass is 9.91. The monoisotopic (exact) mass is 339 g/mol. The van der Waals surface area contributed by atoms with Crippen molar-refractivity contribution < 1.29 is 14.3 Å². The molecule has 23 heavy (non-hydrogen) atoms. The number of halogens is 2. The van der Waals surface area contributed by atoms with E-state index in [0.29, 0.717) is 13.1 Å². The molecule has 1 aliphatic heterocycles. The minimum Gasteiger partial charge on any atom is -0.476 e. The predicted octanol–water partition coefficient (Wildman–Crippen LogP) is 2.79. The van der Waals surface area contributed by atoms with Crippen molar-refractivity contribution in [2.45, 2.75) is 32.4 Å². The molecule has 0 radical (unpaired) electrons. The summed E-state index contributed by atoms with van der Waals surface area (Å²) in [4.78, 5) is 11.5. The number of aromatic nitrogens is 2. The molecular weight excluding hydrogens is 321 g/mol. The van der Waals surface area contributed by atoms with E-state index in [4.69, 9.17) is 0 Å². The van der Waals surface area contributed by atoms with E-state index in [9.17, 15) is 14.3 Å². The molecule has 0 spiro atoms. The summed E-state index contributed by atoms with van der Waals surface area (Å²) in [5.74, 6) is -1.11. The summed E-state index contributed by atoms with van der Waals surface area (Å²) < 4.78 is 14.7. The van der Waals surface area contributed by atoms with Crippen LogP contribution in [0, 0.1) is 5.82 Å². The first kappa shape index (κ1) is 17.4. The van der Waals surface area contributed by atoms with Crippen LogP contribution in [0.2, 0.25) is 0 Å². The molecule has 0 amide bonds. The number of nitrogens with one attached hydrogen (secondary N) is 1. The van der Waals surface area contributed by atoms with E-state index in [-0.39, 0.29) is 29.8 Å². The van der Waals surface area contributed by atoms with Crippen LogP contribution in [0.25, 0.3) is 0 Å². The smallest absolute Gasteiger partial charge is 0.356 e. The molecule has 2 aromatic rings. The summed E-state index contributed by atoms with van der Waals surface area (Å²) in [5.41, 5.74) is 2.79. The van der Waals surface area contributed by atoms with E-state index in [0.717, 1.165) is 29.8 Å². The third kappa shape index (κ3) is 3.38. The van der Waals surface area contributed by atoms with Gasteiger partial charge < -0.3 is 10.4 Å². The van der Waals surface area contributed by atoms with E-state index in [1.165, 1.54) is 12.1 Å². The Hall–Kier alpha value is -1.92. The number of nitrogens with zero attached hydrogens (tertiary/aromatic N) is 2. The summed E-state index contributed by atoms with van der Waals surface area (Å²) >= 11 is 0. The summed E-state index contributed by atoms with van der Waals surface area (Å²) in [5, 5.41) is 17.0. The second-order valence-corrected chi connectivity index (χ2v) is 5.53. The number of hydrogen-bond donors (Lipinski definition) is 2.